The summed E-state index contributed by atoms with van der Waals surface area (Å²) in [6.45, 7) is 6.39. The molecule has 5 nitrogen and oxygen atoms in total. The van der Waals surface area contributed by atoms with Gasteiger partial charge >= 0.3 is 0 Å². The maximum absolute atomic E-state index is 11.7. The van der Waals surface area contributed by atoms with E-state index >= 15 is 0 Å². The summed E-state index contributed by atoms with van der Waals surface area (Å²) in [7, 11) is 0. The Morgan fingerprint density at radius 1 is 1.00 bits per heavy atom. The number of carbonyl (C=O) groups is 1. The SMILES string of the molecule is CC(=O)N1CCc2cc(N3CCN(c4ccccn4)CC3)ccc21. The summed E-state index contributed by atoms with van der Waals surface area (Å²) in [5, 5.41) is 0. The first-order valence-electron chi connectivity index (χ1n) is 8.54. The fourth-order valence-corrected chi connectivity index (χ4v) is 3.65. The number of piperazine rings is 1. The lowest BCUT2D eigenvalue weighted by atomic mass is 10.1. The molecular weight excluding hydrogens is 300 g/mol. The van der Waals surface area contributed by atoms with E-state index in [0.29, 0.717) is 0 Å². The average Bonchev–Trinajstić information content (AvgIpc) is 3.06. The molecule has 0 spiro atoms. The number of hydrogen-bond acceptors (Lipinski definition) is 4. The van der Waals surface area contributed by atoms with Crippen molar-refractivity contribution in [3.05, 3.63) is 48.2 Å². The van der Waals surface area contributed by atoms with E-state index in [-0.39, 0.29) is 5.91 Å². The van der Waals surface area contributed by atoms with E-state index in [1.807, 2.05) is 23.2 Å². The Labute approximate surface area is 142 Å². The third-order valence-corrected chi connectivity index (χ3v) is 4.96. The molecule has 3 heterocycles. The quantitative estimate of drug-likeness (QED) is 0.851. The molecular formula is C19H22N4O. The number of hydrogen-bond donors (Lipinski definition) is 0. The number of anilines is 3. The van der Waals surface area contributed by atoms with Crippen LogP contribution in [-0.2, 0) is 11.2 Å². The number of rotatable bonds is 2. The predicted octanol–water partition coefficient (Wildman–Crippen LogP) is 2.32. The molecule has 24 heavy (non-hydrogen) atoms. The first-order valence-corrected chi connectivity index (χ1v) is 8.54. The van der Waals surface area contributed by atoms with Gasteiger partial charge in [-0.05, 0) is 42.3 Å². The van der Waals surface area contributed by atoms with E-state index in [4.69, 9.17) is 0 Å². The van der Waals surface area contributed by atoms with Gasteiger partial charge in [-0.2, -0.15) is 0 Å². The molecule has 0 bridgehead atoms. The standard InChI is InChI=1S/C19H22N4O/c1-15(24)23-9-7-16-14-17(5-6-18(16)23)21-10-12-22(13-11-21)19-4-2-3-8-20-19/h2-6,8,14H,7,9-13H2,1H3. The van der Waals surface area contributed by atoms with Gasteiger partial charge in [-0.25, -0.2) is 4.98 Å². The lowest BCUT2D eigenvalue weighted by molar-refractivity contribution is -0.116. The largest absolute Gasteiger partial charge is 0.368 e. The fourth-order valence-electron chi connectivity index (χ4n) is 3.65. The van der Waals surface area contributed by atoms with E-state index in [9.17, 15) is 4.79 Å². The monoisotopic (exact) mass is 322 g/mol. The summed E-state index contributed by atoms with van der Waals surface area (Å²) in [4.78, 5) is 22.7. The number of amides is 1. The topological polar surface area (TPSA) is 39.7 Å². The Morgan fingerprint density at radius 2 is 1.79 bits per heavy atom. The second-order valence-corrected chi connectivity index (χ2v) is 6.40. The molecule has 1 amide bonds. The van der Waals surface area contributed by atoms with Gasteiger partial charge in [0, 0.05) is 57.2 Å². The minimum absolute atomic E-state index is 0.130. The normalized spacial score (nSPS) is 17.1. The van der Waals surface area contributed by atoms with Crippen molar-refractivity contribution in [3.8, 4) is 0 Å². The summed E-state index contributed by atoms with van der Waals surface area (Å²) in [5.74, 6) is 1.19. The van der Waals surface area contributed by atoms with Crippen molar-refractivity contribution in [2.75, 3.05) is 47.4 Å². The average molecular weight is 322 g/mol. The van der Waals surface area contributed by atoms with Gasteiger partial charge < -0.3 is 14.7 Å². The van der Waals surface area contributed by atoms with E-state index in [2.05, 4.69) is 39.0 Å². The molecule has 1 fully saturated rings. The van der Waals surface area contributed by atoms with Gasteiger partial charge in [0.25, 0.3) is 0 Å². The van der Waals surface area contributed by atoms with Gasteiger partial charge in [0.05, 0.1) is 0 Å². The lowest BCUT2D eigenvalue weighted by Gasteiger charge is -2.37. The van der Waals surface area contributed by atoms with Crippen LogP contribution >= 0.6 is 0 Å². The summed E-state index contributed by atoms with van der Waals surface area (Å²) >= 11 is 0. The zero-order valence-corrected chi connectivity index (χ0v) is 14.0. The highest BCUT2D eigenvalue weighted by molar-refractivity contribution is 5.94. The highest BCUT2D eigenvalue weighted by Gasteiger charge is 2.24. The molecule has 1 aromatic heterocycles. The van der Waals surface area contributed by atoms with Crippen molar-refractivity contribution < 1.29 is 4.79 Å². The van der Waals surface area contributed by atoms with E-state index < -0.39 is 0 Å². The second-order valence-electron chi connectivity index (χ2n) is 6.40. The number of fused-ring (bicyclic) bond motifs is 1. The summed E-state index contributed by atoms with van der Waals surface area (Å²) in [6, 6.07) is 12.6. The Bertz CT molecular complexity index is 738. The van der Waals surface area contributed by atoms with Crippen LogP contribution in [0.2, 0.25) is 0 Å². The molecule has 0 aliphatic carbocycles. The fraction of sp³-hybridized carbons (Fsp3) is 0.368. The Morgan fingerprint density at radius 3 is 2.50 bits per heavy atom. The van der Waals surface area contributed by atoms with E-state index in [0.717, 1.165) is 50.6 Å². The highest BCUT2D eigenvalue weighted by Crippen LogP contribution is 2.32. The van der Waals surface area contributed by atoms with Crippen molar-refractivity contribution in [3.63, 3.8) is 0 Å². The van der Waals surface area contributed by atoms with Crippen LogP contribution in [0.25, 0.3) is 0 Å². The van der Waals surface area contributed by atoms with E-state index in [1.165, 1.54) is 11.3 Å². The highest BCUT2D eigenvalue weighted by atomic mass is 16.2. The first-order chi connectivity index (χ1) is 11.7. The number of benzene rings is 1. The predicted molar refractivity (Wildman–Crippen MR) is 96.8 cm³/mol. The van der Waals surface area contributed by atoms with Crippen LogP contribution < -0.4 is 14.7 Å². The number of pyridine rings is 1. The zero-order valence-electron chi connectivity index (χ0n) is 14.0. The Kier molecular flexibility index (Phi) is 3.84. The smallest absolute Gasteiger partial charge is 0.223 e. The maximum Gasteiger partial charge on any atom is 0.223 e. The molecule has 2 aliphatic heterocycles. The minimum Gasteiger partial charge on any atom is -0.368 e. The van der Waals surface area contributed by atoms with Gasteiger partial charge in [-0.3, -0.25) is 4.79 Å². The van der Waals surface area contributed by atoms with Crippen LogP contribution in [0.3, 0.4) is 0 Å². The molecule has 0 unspecified atom stereocenters. The molecule has 2 aliphatic rings. The minimum atomic E-state index is 0.130. The van der Waals surface area contributed by atoms with Crippen molar-refractivity contribution >= 4 is 23.1 Å². The lowest BCUT2D eigenvalue weighted by Crippen LogP contribution is -2.46. The van der Waals surface area contributed by atoms with Gasteiger partial charge in [0.15, 0.2) is 0 Å². The summed E-state index contributed by atoms with van der Waals surface area (Å²) in [5.41, 5.74) is 3.63. The molecule has 4 rings (SSSR count). The van der Waals surface area contributed by atoms with Crippen molar-refractivity contribution in [2.24, 2.45) is 0 Å². The molecule has 1 saturated heterocycles. The van der Waals surface area contributed by atoms with Crippen LogP contribution in [0, 0.1) is 0 Å². The van der Waals surface area contributed by atoms with Crippen molar-refractivity contribution in [1.82, 2.24) is 4.98 Å². The Balaban J connectivity index is 1.46. The van der Waals surface area contributed by atoms with Crippen molar-refractivity contribution in [1.29, 1.82) is 0 Å². The molecule has 0 saturated carbocycles. The van der Waals surface area contributed by atoms with Crippen LogP contribution in [0.1, 0.15) is 12.5 Å². The molecule has 0 radical (unpaired) electrons. The zero-order chi connectivity index (χ0) is 16.5. The maximum atomic E-state index is 11.7. The van der Waals surface area contributed by atoms with Crippen LogP contribution in [0.15, 0.2) is 42.6 Å². The van der Waals surface area contributed by atoms with Gasteiger partial charge in [0.1, 0.15) is 5.82 Å². The van der Waals surface area contributed by atoms with Gasteiger partial charge in [-0.1, -0.05) is 6.07 Å². The number of aromatic nitrogens is 1. The molecule has 0 atom stereocenters. The first kappa shape index (κ1) is 15.0. The number of carbonyl (C=O) groups excluding carboxylic acids is 1. The molecule has 0 N–H and O–H groups in total. The Hall–Kier alpha value is -2.56. The van der Waals surface area contributed by atoms with Crippen LogP contribution in [0.5, 0.6) is 0 Å². The van der Waals surface area contributed by atoms with E-state index in [1.54, 1.807) is 6.92 Å². The molecule has 5 heteroatoms. The number of nitrogens with zero attached hydrogens (tertiary/aromatic N) is 4. The summed E-state index contributed by atoms with van der Waals surface area (Å²) < 4.78 is 0. The van der Waals surface area contributed by atoms with Crippen molar-refractivity contribution in [2.45, 2.75) is 13.3 Å². The van der Waals surface area contributed by atoms with Gasteiger partial charge in [0.2, 0.25) is 5.91 Å². The molecule has 2 aromatic rings. The van der Waals surface area contributed by atoms with Crippen LogP contribution in [-0.4, -0.2) is 43.6 Å². The summed E-state index contributed by atoms with van der Waals surface area (Å²) in [6.07, 6.45) is 2.81. The second kappa shape index (κ2) is 6.15. The molecule has 124 valence electrons. The van der Waals surface area contributed by atoms with Gasteiger partial charge in [-0.15, -0.1) is 0 Å². The molecule has 1 aromatic carbocycles. The third kappa shape index (κ3) is 2.70. The van der Waals surface area contributed by atoms with Crippen LogP contribution in [0.4, 0.5) is 17.2 Å². The third-order valence-electron chi connectivity index (χ3n) is 4.96.